The Hall–Kier alpha value is -1.83. The van der Waals surface area contributed by atoms with Gasteiger partial charge in [-0.05, 0) is 12.8 Å². The molecule has 2 fully saturated rings. The highest BCUT2D eigenvalue weighted by molar-refractivity contribution is 5.79. The summed E-state index contributed by atoms with van der Waals surface area (Å²) >= 11 is 0. The summed E-state index contributed by atoms with van der Waals surface area (Å²) in [4.78, 5) is 37.5. The van der Waals surface area contributed by atoms with Crippen LogP contribution in [0.15, 0.2) is 0 Å². The summed E-state index contributed by atoms with van der Waals surface area (Å²) in [6.45, 7) is 2.28. The Balaban J connectivity index is 1.77. The molecule has 2 N–H and O–H groups in total. The highest BCUT2D eigenvalue weighted by Gasteiger charge is 2.28. The van der Waals surface area contributed by atoms with Crippen molar-refractivity contribution >= 4 is 17.9 Å². The third-order valence-corrected chi connectivity index (χ3v) is 3.74. The van der Waals surface area contributed by atoms with Gasteiger partial charge in [-0.1, -0.05) is 0 Å². The number of ether oxygens (including phenoxy) is 1. The van der Waals surface area contributed by atoms with Crippen molar-refractivity contribution in [1.29, 1.82) is 0 Å². The fraction of sp³-hybridized carbons (Fsp3) is 0.769. The van der Waals surface area contributed by atoms with Gasteiger partial charge in [0, 0.05) is 39.1 Å². The highest BCUT2D eigenvalue weighted by Crippen LogP contribution is 2.15. The summed E-state index contributed by atoms with van der Waals surface area (Å²) in [6, 6.07) is -0.0526. The van der Waals surface area contributed by atoms with Gasteiger partial charge in [0.05, 0.1) is 6.10 Å². The number of carboxylic acid groups (broad SMARTS) is 1. The number of nitrogens with one attached hydrogen (secondary N) is 1. The molecule has 2 aliphatic rings. The second-order valence-corrected chi connectivity index (χ2v) is 5.26. The molecule has 0 bridgehead atoms. The highest BCUT2D eigenvalue weighted by atomic mass is 16.5. The van der Waals surface area contributed by atoms with E-state index >= 15 is 0 Å². The predicted octanol–water partition coefficient (Wildman–Crippen LogP) is -0.506. The van der Waals surface area contributed by atoms with Gasteiger partial charge in [0.2, 0.25) is 5.91 Å². The molecule has 0 spiro atoms. The van der Waals surface area contributed by atoms with Crippen molar-refractivity contribution in [2.45, 2.75) is 25.4 Å². The topological polar surface area (TPSA) is 99.2 Å². The van der Waals surface area contributed by atoms with E-state index in [1.165, 1.54) is 0 Å². The molecule has 0 aliphatic carbocycles. The summed E-state index contributed by atoms with van der Waals surface area (Å²) in [5.41, 5.74) is 0. The Labute approximate surface area is 123 Å². The van der Waals surface area contributed by atoms with E-state index in [0.717, 1.165) is 0 Å². The predicted molar refractivity (Wildman–Crippen MR) is 72.8 cm³/mol. The van der Waals surface area contributed by atoms with Gasteiger partial charge in [0.25, 0.3) is 0 Å². The van der Waals surface area contributed by atoms with E-state index in [1.807, 2.05) is 0 Å². The standard InChI is InChI=1S/C13H21N3O5/c17-11-3-7-16(8-4-14-11)13(20)15-5-1-10(2-6-15)21-9-12(18)19/h10H,1-9H2,(H,14,17)(H,18,19). The Morgan fingerprint density at radius 3 is 2.52 bits per heavy atom. The van der Waals surface area contributed by atoms with Gasteiger partial charge < -0.3 is 25.0 Å². The maximum atomic E-state index is 12.4. The molecule has 0 radical (unpaired) electrons. The minimum atomic E-state index is -0.977. The summed E-state index contributed by atoms with van der Waals surface area (Å²) in [5.74, 6) is -0.999. The van der Waals surface area contributed by atoms with E-state index < -0.39 is 5.97 Å². The quantitative estimate of drug-likeness (QED) is 0.731. The molecule has 8 heteroatoms. The molecule has 0 unspecified atom stereocenters. The van der Waals surface area contributed by atoms with Gasteiger partial charge in [-0.15, -0.1) is 0 Å². The van der Waals surface area contributed by atoms with Gasteiger partial charge in [0.15, 0.2) is 0 Å². The number of nitrogens with zero attached hydrogens (tertiary/aromatic N) is 2. The second-order valence-electron chi connectivity index (χ2n) is 5.26. The first-order valence-electron chi connectivity index (χ1n) is 7.20. The Morgan fingerprint density at radius 1 is 1.19 bits per heavy atom. The number of hydrogen-bond acceptors (Lipinski definition) is 4. The number of aliphatic carboxylic acids is 1. The van der Waals surface area contributed by atoms with E-state index in [4.69, 9.17) is 9.84 Å². The van der Waals surface area contributed by atoms with Gasteiger partial charge in [-0.2, -0.15) is 0 Å². The lowest BCUT2D eigenvalue weighted by atomic mass is 10.1. The van der Waals surface area contributed by atoms with Gasteiger partial charge >= 0.3 is 12.0 Å². The molecule has 2 rings (SSSR count). The Morgan fingerprint density at radius 2 is 1.86 bits per heavy atom. The Bertz CT molecular complexity index is 407. The fourth-order valence-corrected chi connectivity index (χ4v) is 2.56. The van der Waals surface area contributed by atoms with Crippen molar-refractivity contribution in [3.8, 4) is 0 Å². The molecule has 118 valence electrons. The van der Waals surface area contributed by atoms with Crippen molar-refractivity contribution in [2.24, 2.45) is 0 Å². The summed E-state index contributed by atoms with van der Waals surface area (Å²) in [6.07, 6.45) is 1.52. The lowest BCUT2D eigenvalue weighted by Gasteiger charge is -2.35. The Kier molecular flexibility index (Phi) is 5.38. The van der Waals surface area contributed by atoms with Crippen LogP contribution in [0.5, 0.6) is 0 Å². The molecule has 2 aliphatic heterocycles. The SMILES string of the molecule is O=C(O)COC1CCN(C(=O)N2CCNC(=O)CC2)CC1. The molecule has 0 aromatic heterocycles. The van der Waals surface area contributed by atoms with Crippen LogP contribution in [-0.2, 0) is 14.3 Å². The van der Waals surface area contributed by atoms with Crippen LogP contribution in [-0.4, -0.2) is 78.2 Å². The maximum Gasteiger partial charge on any atom is 0.329 e. The number of rotatable bonds is 3. The largest absolute Gasteiger partial charge is 0.480 e. The van der Waals surface area contributed by atoms with Crippen molar-refractivity contribution in [1.82, 2.24) is 15.1 Å². The van der Waals surface area contributed by atoms with Crippen molar-refractivity contribution in [3.05, 3.63) is 0 Å². The lowest BCUT2D eigenvalue weighted by molar-refractivity contribution is -0.145. The zero-order chi connectivity index (χ0) is 15.2. The molecule has 0 saturated carbocycles. The zero-order valence-corrected chi connectivity index (χ0v) is 11.9. The number of likely N-dealkylation sites (tertiary alicyclic amines) is 1. The third kappa shape index (κ3) is 4.59. The molecule has 3 amide bonds. The van der Waals surface area contributed by atoms with E-state index in [2.05, 4.69) is 5.32 Å². The number of carbonyl (C=O) groups excluding carboxylic acids is 2. The van der Waals surface area contributed by atoms with Crippen molar-refractivity contribution < 1.29 is 24.2 Å². The van der Waals surface area contributed by atoms with Crippen LogP contribution in [0, 0.1) is 0 Å². The molecule has 0 aromatic carbocycles. The number of urea groups is 1. The van der Waals surface area contributed by atoms with Crippen LogP contribution in [0.3, 0.4) is 0 Å². The maximum absolute atomic E-state index is 12.4. The minimum absolute atomic E-state index is 0.0221. The van der Waals surface area contributed by atoms with Crippen molar-refractivity contribution in [3.63, 3.8) is 0 Å². The summed E-state index contributed by atoms with van der Waals surface area (Å²) in [5, 5.41) is 11.3. The van der Waals surface area contributed by atoms with Gasteiger partial charge in [-0.25, -0.2) is 9.59 Å². The first kappa shape index (κ1) is 15.6. The number of piperidine rings is 1. The van der Waals surface area contributed by atoms with Crippen LogP contribution in [0.1, 0.15) is 19.3 Å². The average molecular weight is 299 g/mol. The van der Waals surface area contributed by atoms with Crippen LogP contribution in [0.2, 0.25) is 0 Å². The van der Waals surface area contributed by atoms with E-state index in [0.29, 0.717) is 52.0 Å². The minimum Gasteiger partial charge on any atom is -0.480 e. The molecular weight excluding hydrogens is 278 g/mol. The van der Waals surface area contributed by atoms with E-state index in [1.54, 1.807) is 9.80 Å². The number of amides is 3. The van der Waals surface area contributed by atoms with E-state index in [-0.39, 0.29) is 24.6 Å². The zero-order valence-electron chi connectivity index (χ0n) is 11.9. The summed E-state index contributed by atoms with van der Waals surface area (Å²) < 4.78 is 5.25. The monoisotopic (exact) mass is 299 g/mol. The number of carboxylic acids is 1. The average Bonchev–Trinajstić information content (AvgIpc) is 2.69. The van der Waals surface area contributed by atoms with Crippen LogP contribution < -0.4 is 5.32 Å². The van der Waals surface area contributed by atoms with Crippen LogP contribution in [0.4, 0.5) is 4.79 Å². The first-order chi connectivity index (χ1) is 10.1. The second kappa shape index (κ2) is 7.26. The molecule has 2 heterocycles. The number of hydrogen-bond donors (Lipinski definition) is 2. The number of carbonyl (C=O) groups is 3. The van der Waals surface area contributed by atoms with Gasteiger partial charge in [0.1, 0.15) is 6.61 Å². The normalized spacial score (nSPS) is 20.9. The molecule has 8 nitrogen and oxygen atoms in total. The molecule has 0 aromatic rings. The van der Waals surface area contributed by atoms with E-state index in [9.17, 15) is 14.4 Å². The third-order valence-electron chi connectivity index (χ3n) is 3.74. The first-order valence-corrected chi connectivity index (χ1v) is 7.20. The molecule has 21 heavy (non-hydrogen) atoms. The molecule has 0 atom stereocenters. The smallest absolute Gasteiger partial charge is 0.329 e. The van der Waals surface area contributed by atoms with Crippen molar-refractivity contribution in [2.75, 3.05) is 39.3 Å². The fourth-order valence-electron chi connectivity index (χ4n) is 2.56. The molecular formula is C13H21N3O5. The molecule has 2 saturated heterocycles. The van der Waals surface area contributed by atoms with Gasteiger partial charge in [-0.3, -0.25) is 4.79 Å². The van der Waals surface area contributed by atoms with Crippen LogP contribution >= 0.6 is 0 Å². The van der Waals surface area contributed by atoms with Crippen LogP contribution in [0.25, 0.3) is 0 Å². The lowest BCUT2D eigenvalue weighted by Crippen LogP contribution is -2.48. The summed E-state index contributed by atoms with van der Waals surface area (Å²) in [7, 11) is 0.